The number of hydrogen-bond acceptors (Lipinski definition) is 5. The molecule has 2 heterocycles. The second-order valence-electron chi connectivity index (χ2n) is 5.56. The summed E-state index contributed by atoms with van der Waals surface area (Å²) in [7, 11) is 0. The van der Waals surface area contributed by atoms with Crippen LogP contribution in [0, 0.1) is 6.92 Å². The number of hydrogen-bond donors (Lipinski definition) is 0. The second-order valence-corrected chi connectivity index (χ2v) is 5.94. The molecule has 0 amide bonds. The first-order chi connectivity index (χ1) is 10.1. The molecule has 1 aromatic heterocycles. The van der Waals surface area contributed by atoms with Crippen molar-refractivity contribution in [2.24, 2.45) is 0 Å². The predicted molar refractivity (Wildman–Crippen MR) is 84.4 cm³/mol. The molecule has 0 N–H and O–H groups in total. The van der Waals surface area contributed by atoms with E-state index in [0.29, 0.717) is 24.5 Å². The minimum absolute atomic E-state index is 0.113. The Hall–Kier alpha value is -1.07. The molecule has 118 valence electrons. The summed E-state index contributed by atoms with van der Waals surface area (Å²) in [5.74, 6) is 1.95. The molecule has 0 atom stereocenters. The molecule has 0 aromatic carbocycles. The molecule has 0 unspecified atom stereocenters. The quantitative estimate of drug-likeness (QED) is 0.756. The summed E-state index contributed by atoms with van der Waals surface area (Å²) in [6.07, 6.45) is 2.38. The number of ether oxygens (including phenoxy) is 2. The lowest BCUT2D eigenvalue weighted by Gasteiger charge is -2.32. The minimum atomic E-state index is 0.113. The van der Waals surface area contributed by atoms with Gasteiger partial charge in [-0.25, -0.2) is 4.98 Å². The van der Waals surface area contributed by atoms with Gasteiger partial charge in [-0.1, -0.05) is 0 Å². The van der Waals surface area contributed by atoms with Gasteiger partial charge in [-0.15, -0.1) is 11.6 Å². The van der Waals surface area contributed by atoms with E-state index in [1.807, 2.05) is 26.8 Å². The summed E-state index contributed by atoms with van der Waals surface area (Å²) in [6, 6.07) is 1.87. The fourth-order valence-corrected chi connectivity index (χ4v) is 2.49. The molecule has 1 aliphatic rings. The highest BCUT2D eigenvalue weighted by Gasteiger charge is 2.22. The van der Waals surface area contributed by atoms with Crippen LogP contribution < -0.4 is 9.64 Å². The summed E-state index contributed by atoms with van der Waals surface area (Å²) in [4.78, 5) is 11.2. The maximum Gasteiger partial charge on any atom is 0.228 e. The largest absolute Gasteiger partial charge is 0.475 e. The van der Waals surface area contributed by atoms with Crippen LogP contribution in [0.15, 0.2) is 6.07 Å². The van der Waals surface area contributed by atoms with E-state index in [-0.39, 0.29) is 6.10 Å². The van der Waals surface area contributed by atoms with Crippen LogP contribution in [0.1, 0.15) is 32.4 Å². The Morgan fingerprint density at radius 1 is 1.33 bits per heavy atom. The Bertz CT molecular complexity index is 449. The average molecular weight is 314 g/mol. The monoisotopic (exact) mass is 313 g/mol. The third-order valence-corrected chi connectivity index (χ3v) is 3.49. The summed E-state index contributed by atoms with van der Waals surface area (Å²) >= 11 is 5.65. The number of aromatic nitrogens is 2. The van der Waals surface area contributed by atoms with Crippen LogP contribution in [0.2, 0.25) is 0 Å². The zero-order valence-electron chi connectivity index (χ0n) is 13.0. The summed E-state index contributed by atoms with van der Waals surface area (Å²) < 4.78 is 11.4. The van der Waals surface area contributed by atoms with Gasteiger partial charge in [-0.2, -0.15) is 4.98 Å². The Morgan fingerprint density at radius 2 is 2.05 bits per heavy atom. The first-order valence-electron chi connectivity index (χ1n) is 7.53. The minimum Gasteiger partial charge on any atom is -0.475 e. The number of nitrogens with zero attached hydrogens (tertiary/aromatic N) is 3. The van der Waals surface area contributed by atoms with Crippen molar-refractivity contribution in [2.75, 3.05) is 30.5 Å². The molecule has 1 saturated heterocycles. The molecule has 0 saturated carbocycles. The van der Waals surface area contributed by atoms with Crippen LogP contribution in [0.3, 0.4) is 0 Å². The van der Waals surface area contributed by atoms with Crippen molar-refractivity contribution in [1.82, 2.24) is 9.97 Å². The van der Waals surface area contributed by atoms with Gasteiger partial charge >= 0.3 is 0 Å². The zero-order chi connectivity index (χ0) is 15.2. The van der Waals surface area contributed by atoms with E-state index in [1.54, 1.807) is 0 Å². The highest BCUT2D eigenvalue weighted by molar-refractivity contribution is 6.17. The van der Waals surface area contributed by atoms with Crippen molar-refractivity contribution in [2.45, 2.75) is 45.8 Å². The van der Waals surface area contributed by atoms with E-state index in [9.17, 15) is 0 Å². The first-order valence-corrected chi connectivity index (χ1v) is 8.07. The molecule has 0 radical (unpaired) electrons. The molecular formula is C15H24ClN3O2. The van der Waals surface area contributed by atoms with Crippen LogP contribution in [0.25, 0.3) is 0 Å². The average Bonchev–Trinajstić information content (AvgIpc) is 2.44. The lowest BCUT2D eigenvalue weighted by Crippen LogP contribution is -2.38. The summed E-state index contributed by atoms with van der Waals surface area (Å²) in [5, 5.41) is 0. The van der Waals surface area contributed by atoms with Crippen LogP contribution in [-0.2, 0) is 4.74 Å². The van der Waals surface area contributed by atoms with E-state index in [2.05, 4.69) is 14.9 Å². The van der Waals surface area contributed by atoms with Crippen molar-refractivity contribution in [3.63, 3.8) is 0 Å². The van der Waals surface area contributed by atoms with Crippen LogP contribution >= 0.6 is 11.6 Å². The molecule has 0 spiro atoms. The molecular weight excluding hydrogens is 290 g/mol. The zero-order valence-corrected chi connectivity index (χ0v) is 13.8. The van der Waals surface area contributed by atoms with E-state index in [0.717, 1.165) is 37.6 Å². The molecule has 1 aromatic rings. The van der Waals surface area contributed by atoms with E-state index < -0.39 is 0 Å². The number of alkyl halides is 1. The maximum atomic E-state index is 5.69. The Labute approximate surface area is 131 Å². The van der Waals surface area contributed by atoms with Crippen molar-refractivity contribution in [1.29, 1.82) is 0 Å². The SMILES string of the molecule is Cc1cc(OC(C)C)nc(N2CCC(OCCCl)CC2)n1. The van der Waals surface area contributed by atoms with Crippen LogP contribution in [0.4, 0.5) is 5.95 Å². The van der Waals surface area contributed by atoms with Crippen molar-refractivity contribution in [3.05, 3.63) is 11.8 Å². The van der Waals surface area contributed by atoms with Gasteiger partial charge < -0.3 is 14.4 Å². The third-order valence-electron chi connectivity index (χ3n) is 3.33. The van der Waals surface area contributed by atoms with E-state index >= 15 is 0 Å². The molecule has 5 nitrogen and oxygen atoms in total. The Morgan fingerprint density at radius 3 is 2.67 bits per heavy atom. The molecule has 0 bridgehead atoms. The molecule has 1 fully saturated rings. The van der Waals surface area contributed by atoms with Gasteiger partial charge in [-0.05, 0) is 33.6 Å². The van der Waals surface area contributed by atoms with Gasteiger partial charge in [0.15, 0.2) is 0 Å². The second kappa shape index (κ2) is 7.80. The molecule has 1 aliphatic heterocycles. The summed E-state index contributed by atoms with van der Waals surface area (Å²) in [6.45, 7) is 8.39. The topological polar surface area (TPSA) is 47.5 Å². The van der Waals surface area contributed by atoms with Crippen LogP contribution in [0.5, 0.6) is 5.88 Å². The van der Waals surface area contributed by atoms with Gasteiger partial charge in [-0.3, -0.25) is 0 Å². The molecule has 2 rings (SSSR count). The summed E-state index contributed by atoms with van der Waals surface area (Å²) in [5.41, 5.74) is 0.927. The lowest BCUT2D eigenvalue weighted by atomic mass is 10.1. The first kappa shape index (κ1) is 16.3. The fraction of sp³-hybridized carbons (Fsp3) is 0.733. The van der Waals surface area contributed by atoms with Gasteiger partial charge in [0, 0.05) is 30.7 Å². The van der Waals surface area contributed by atoms with Gasteiger partial charge in [0.05, 0.1) is 18.8 Å². The predicted octanol–water partition coefficient (Wildman–Crippen LogP) is 2.80. The number of anilines is 1. The Balaban J connectivity index is 1.97. The van der Waals surface area contributed by atoms with E-state index in [4.69, 9.17) is 21.1 Å². The van der Waals surface area contributed by atoms with Crippen molar-refractivity contribution >= 4 is 17.5 Å². The highest BCUT2D eigenvalue weighted by atomic mass is 35.5. The fourth-order valence-electron chi connectivity index (χ4n) is 2.40. The number of halogens is 1. The third kappa shape index (κ3) is 5.00. The molecule has 21 heavy (non-hydrogen) atoms. The standard InChI is InChI=1S/C15H24ClN3O2/c1-11(2)21-14-10-12(3)17-15(18-14)19-7-4-13(5-8-19)20-9-6-16/h10-11,13H,4-9H2,1-3H3. The molecule has 0 aliphatic carbocycles. The number of aryl methyl sites for hydroxylation is 1. The highest BCUT2D eigenvalue weighted by Crippen LogP contribution is 2.21. The number of piperidine rings is 1. The van der Waals surface area contributed by atoms with Crippen molar-refractivity contribution in [3.8, 4) is 5.88 Å². The maximum absolute atomic E-state index is 5.69. The van der Waals surface area contributed by atoms with Gasteiger partial charge in [0.1, 0.15) is 0 Å². The number of rotatable bonds is 6. The van der Waals surface area contributed by atoms with E-state index in [1.165, 1.54) is 0 Å². The van der Waals surface area contributed by atoms with Crippen molar-refractivity contribution < 1.29 is 9.47 Å². The molecule has 6 heteroatoms. The Kier molecular flexibility index (Phi) is 6.06. The van der Waals surface area contributed by atoms with Crippen LogP contribution in [-0.4, -0.2) is 47.8 Å². The smallest absolute Gasteiger partial charge is 0.228 e. The normalized spacial score (nSPS) is 16.5. The van der Waals surface area contributed by atoms with Gasteiger partial charge in [0.25, 0.3) is 0 Å². The lowest BCUT2D eigenvalue weighted by molar-refractivity contribution is 0.0469. The van der Waals surface area contributed by atoms with Gasteiger partial charge in [0.2, 0.25) is 11.8 Å².